The van der Waals surface area contributed by atoms with Gasteiger partial charge in [-0.2, -0.15) is 0 Å². The normalized spacial score (nSPS) is 18.9. The van der Waals surface area contributed by atoms with Crippen molar-refractivity contribution in [2.75, 3.05) is 20.3 Å². The third-order valence-corrected chi connectivity index (χ3v) is 4.17. The van der Waals surface area contributed by atoms with Crippen LogP contribution in [0.15, 0.2) is 24.3 Å². The van der Waals surface area contributed by atoms with Crippen molar-refractivity contribution in [1.82, 2.24) is 9.88 Å². The number of nitrogens with one attached hydrogen (secondary N) is 1. The fraction of sp³-hybridized carbons (Fsp3) is 0.400. The van der Waals surface area contributed by atoms with Crippen LogP contribution in [0.5, 0.6) is 0 Å². The predicted molar refractivity (Wildman–Crippen MR) is 79.2 cm³/mol. The minimum atomic E-state index is 0.0248. The number of fused-ring (bicyclic) bond motifs is 1. The zero-order valence-corrected chi connectivity index (χ0v) is 12.1. The number of carbonyl (C=O) groups is 1. The van der Waals surface area contributed by atoms with Crippen molar-refractivity contribution in [3.63, 3.8) is 0 Å². The van der Waals surface area contributed by atoms with Crippen LogP contribution < -0.4 is 0 Å². The maximum Gasteiger partial charge on any atom is 0.270 e. The van der Waals surface area contributed by atoms with Gasteiger partial charge in [-0.05, 0) is 31.0 Å². The molecule has 1 saturated heterocycles. The molecule has 106 valence electrons. The first-order valence-electron chi connectivity index (χ1n) is 6.78. The average molecular weight is 293 g/mol. The molecule has 0 unspecified atom stereocenters. The largest absolute Gasteiger partial charge is 0.383 e. The van der Waals surface area contributed by atoms with E-state index in [1.54, 1.807) is 7.11 Å². The van der Waals surface area contributed by atoms with E-state index in [0.717, 1.165) is 30.3 Å². The van der Waals surface area contributed by atoms with Crippen molar-refractivity contribution >= 4 is 28.4 Å². The number of aromatic nitrogens is 1. The molecule has 5 heteroatoms. The Kier molecular flexibility index (Phi) is 3.68. The van der Waals surface area contributed by atoms with Gasteiger partial charge in [0.05, 0.1) is 12.6 Å². The van der Waals surface area contributed by atoms with Gasteiger partial charge < -0.3 is 14.6 Å². The molecule has 0 bridgehead atoms. The van der Waals surface area contributed by atoms with E-state index >= 15 is 0 Å². The van der Waals surface area contributed by atoms with Crippen molar-refractivity contribution in [2.45, 2.75) is 18.9 Å². The molecule has 0 saturated carbocycles. The molecule has 0 aliphatic carbocycles. The van der Waals surface area contributed by atoms with E-state index in [4.69, 9.17) is 16.3 Å². The summed E-state index contributed by atoms with van der Waals surface area (Å²) in [5, 5.41) is 1.55. The number of methoxy groups -OCH3 is 1. The molecule has 1 aromatic carbocycles. The molecular weight excluding hydrogens is 276 g/mol. The van der Waals surface area contributed by atoms with Crippen LogP contribution in [0.2, 0.25) is 5.02 Å². The van der Waals surface area contributed by atoms with Gasteiger partial charge in [-0.15, -0.1) is 0 Å². The Labute approximate surface area is 122 Å². The summed E-state index contributed by atoms with van der Waals surface area (Å²) in [6.45, 7) is 1.38. The zero-order chi connectivity index (χ0) is 14.1. The van der Waals surface area contributed by atoms with E-state index in [1.165, 1.54) is 0 Å². The molecule has 2 aromatic rings. The second kappa shape index (κ2) is 5.46. The average Bonchev–Trinajstić information content (AvgIpc) is 3.05. The number of nitrogens with zero attached hydrogens (tertiary/aromatic N) is 1. The number of hydrogen-bond acceptors (Lipinski definition) is 2. The van der Waals surface area contributed by atoms with Crippen LogP contribution in [0.25, 0.3) is 10.9 Å². The standard InChI is InChI=1S/C15H17ClN2O2/c1-20-9-10-4-3-7-18(10)15(19)14-8-11-12(16)5-2-6-13(11)17-14/h2,5-6,8,10,17H,3-4,7,9H2,1H3/t10-/m1/s1. The molecule has 2 heterocycles. The summed E-state index contributed by atoms with van der Waals surface area (Å²) in [7, 11) is 1.67. The van der Waals surface area contributed by atoms with Gasteiger partial charge in [0.25, 0.3) is 5.91 Å². The first-order chi connectivity index (χ1) is 9.70. The smallest absolute Gasteiger partial charge is 0.270 e. The van der Waals surface area contributed by atoms with Gasteiger partial charge in [0.15, 0.2) is 0 Å². The van der Waals surface area contributed by atoms with Gasteiger partial charge in [-0.1, -0.05) is 17.7 Å². The van der Waals surface area contributed by atoms with Gasteiger partial charge in [0, 0.05) is 29.6 Å². The Morgan fingerprint density at radius 3 is 3.15 bits per heavy atom. The monoisotopic (exact) mass is 292 g/mol. The van der Waals surface area contributed by atoms with Gasteiger partial charge in [0.2, 0.25) is 0 Å². The van der Waals surface area contributed by atoms with Crippen LogP contribution in [0.4, 0.5) is 0 Å². The van der Waals surface area contributed by atoms with Crippen molar-refractivity contribution < 1.29 is 9.53 Å². The van der Waals surface area contributed by atoms with E-state index in [1.807, 2.05) is 29.2 Å². The molecule has 3 rings (SSSR count). The topological polar surface area (TPSA) is 45.3 Å². The Bertz CT molecular complexity index is 638. The molecule has 1 N–H and O–H groups in total. The molecule has 20 heavy (non-hydrogen) atoms. The van der Waals surface area contributed by atoms with Crippen LogP contribution in [0, 0.1) is 0 Å². The molecule has 1 aliphatic rings. The minimum Gasteiger partial charge on any atom is -0.383 e. The number of aromatic amines is 1. The number of carbonyl (C=O) groups excluding carboxylic acids is 1. The van der Waals surface area contributed by atoms with E-state index < -0.39 is 0 Å². The fourth-order valence-corrected chi connectivity index (χ4v) is 3.09. The lowest BCUT2D eigenvalue weighted by molar-refractivity contribution is 0.0626. The number of amides is 1. The lowest BCUT2D eigenvalue weighted by atomic mass is 10.2. The highest BCUT2D eigenvalue weighted by Gasteiger charge is 2.30. The number of H-pyrrole nitrogens is 1. The SMILES string of the molecule is COC[C@H]1CCCN1C(=O)c1cc2c(Cl)cccc2[nH]1. The molecular formula is C15H17ClN2O2. The first-order valence-corrected chi connectivity index (χ1v) is 7.15. The molecule has 1 atom stereocenters. The van der Waals surface area contributed by atoms with Crippen molar-refractivity contribution in [1.29, 1.82) is 0 Å². The Hall–Kier alpha value is -1.52. The van der Waals surface area contributed by atoms with Crippen LogP contribution in [-0.4, -0.2) is 42.1 Å². The van der Waals surface area contributed by atoms with Gasteiger partial charge >= 0.3 is 0 Å². The number of likely N-dealkylation sites (tertiary alicyclic amines) is 1. The number of rotatable bonds is 3. The van der Waals surface area contributed by atoms with Crippen LogP contribution in [0.3, 0.4) is 0 Å². The first kappa shape index (κ1) is 13.5. The Morgan fingerprint density at radius 2 is 2.40 bits per heavy atom. The van der Waals surface area contributed by atoms with E-state index in [0.29, 0.717) is 17.3 Å². The summed E-state index contributed by atoms with van der Waals surface area (Å²) in [5.74, 6) is 0.0248. The fourth-order valence-electron chi connectivity index (χ4n) is 2.86. The molecule has 1 aliphatic heterocycles. The van der Waals surface area contributed by atoms with Crippen molar-refractivity contribution in [3.8, 4) is 0 Å². The summed E-state index contributed by atoms with van der Waals surface area (Å²) in [4.78, 5) is 17.7. The highest BCUT2D eigenvalue weighted by atomic mass is 35.5. The molecule has 0 radical (unpaired) electrons. The Balaban J connectivity index is 1.90. The van der Waals surface area contributed by atoms with Gasteiger partial charge in [-0.3, -0.25) is 4.79 Å². The zero-order valence-electron chi connectivity index (χ0n) is 11.4. The molecule has 0 spiro atoms. The predicted octanol–water partition coefficient (Wildman–Crippen LogP) is 3.07. The summed E-state index contributed by atoms with van der Waals surface area (Å²) in [6.07, 6.45) is 2.03. The van der Waals surface area contributed by atoms with Gasteiger partial charge in [-0.25, -0.2) is 0 Å². The van der Waals surface area contributed by atoms with E-state index in [9.17, 15) is 4.79 Å². The molecule has 1 aromatic heterocycles. The van der Waals surface area contributed by atoms with E-state index in [-0.39, 0.29) is 11.9 Å². The summed E-state index contributed by atoms with van der Waals surface area (Å²) >= 11 is 6.15. The molecule has 4 nitrogen and oxygen atoms in total. The molecule has 1 fully saturated rings. The maximum atomic E-state index is 12.6. The Morgan fingerprint density at radius 1 is 1.55 bits per heavy atom. The second-order valence-electron chi connectivity index (χ2n) is 5.13. The highest BCUT2D eigenvalue weighted by Crippen LogP contribution is 2.26. The van der Waals surface area contributed by atoms with Gasteiger partial charge in [0.1, 0.15) is 5.69 Å². The lowest BCUT2D eigenvalue weighted by Gasteiger charge is -2.23. The van der Waals surface area contributed by atoms with Crippen LogP contribution >= 0.6 is 11.6 Å². The molecule has 1 amide bonds. The summed E-state index contributed by atoms with van der Waals surface area (Å²) < 4.78 is 5.19. The number of halogens is 1. The summed E-state index contributed by atoms with van der Waals surface area (Å²) in [5.41, 5.74) is 1.49. The van der Waals surface area contributed by atoms with Crippen LogP contribution in [-0.2, 0) is 4.74 Å². The minimum absolute atomic E-state index is 0.0248. The maximum absolute atomic E-state index is 12.6. The van der Waals surface area contributed by atoms with E-state index in [2.05, 4.69) is 4.98 Å². The van der Waals surface area contributed by atoms with Crippen LogP contribution in [0.1, 0.15) is 23.3 Å². The third-order valence-electron chi connectivity index (χ3n) is 3.84. The number of hydrogen-bond donors (Lipinski definition) is 1. The number of benzene rings is 1. The van der Waals surface area contributed by atoms with Crippen molar-refractivity contribution in [2.24, 2.45) is 0 Å². The lowest BCUT2D eigenvalue weighted by Crippen LogP contribution is -2.38. The number of ether oxygens (including phenoxy) is 1. The third kappa shape index (κ3) is 2.30. The van der Waals surface area contributed by atoms with Crippen molar-refractivity contribution in [3.05, 3.63) is 35.0 Å². The second-order valence-corrected chi connectivity index (χ2v) is 5.54. The highest BCUT2D eigenvalue weighted by molar-refractivity contribution is 6.35. The summed E-state index contributed by atoms with van der Waals surface area (Å²) in [6, 6.07) is 7.64. The quantitative estimate of drug-likeness (QED) is 0.945.